The molecule has 3 aromatic rings. The van der Waals surface area contributed by atoms with Crippen LogP contribution in [0.1, 0.15) is 17.7 Å². The van der Waals surface area contributed by atoms with Crippen molar-refractivity contribution in [2.24, 2.45) is 0 Å². The third-order valence-electron chi connectivity index (χ3n) is 4.81. The van der Waals surface area contributed by atoms with Gasteiger partial charge < -0.3 is 5.32 Å². The molecule has 0 saturated carbocycles. The monoisotopic (exact) mass is 489 g/mol. The number of thiazole rings is 1. The summed E-state index contributed by atoms with van der Waals surface area (Å²) in [6.07, 6.45) is 2.91. The van der Waals surface area contributed by atoms with Crippen molar-refractivity contribution < 1.29 is 13.2 Å². The van der Waals surface area contributed by atoms with E-state index >= 15 is 0 Å². The van der Waals surface area contributed by atoms with E-state index in [4.69, 9.17) is 0 Å². The first kappa shape index (κ1) is 24.4. The summed E-state index contributed by atoms with van der Waals surface area (Å²) in [6.45, 7) is 2.44. The van der Waals surface area contributed by atoms with Crippen LogP contribution in [0.15, 0.2) is 64.9 Å². The SMILES string of the molecule is CSCCC(NS(=O)(=O)c1ccccc1)C(=O)NCCc1csc(-c2ccc(C)cc2)n1. The Morgan fingerprint density at radius 1 is 1.12 bits per heavy atom. The molecule has 32 heavy (non-hydrogen) atoms. The first-order valence-electron chi connectivity index (χ1n) is 10.2. The quantitative estimate of drug-likeness (QED) is 0.427. The van der Waals surface area contributed by atoms with E-state index in [-0.39, 0.29) is 10.8 Å². The van der Waals surface area contributed by atoms with Crippen LogP contribution >= 0.6 is 23.1 Å². The number of nitrogens with one attached hydrogen (secondary N) is 2. The molecule has 1 heterocycles. The van der Waals surface area contributed by atoms with Crippen LogP contribution in [0.25, 0.3) is 10.6 Å². The number of thioether (sulfide) groups is 1. The zero-order valence-electron chi connectivity index (χ0n) is 18.1. The highest BCUT2D eigenvalue weighted by Crippen LogP contribution is 2.24. The van der Waals surface area contributed by atoms with E-state index in [0.29, 0.717) is 25.1 Å². The zero-order chi connectivity index (χ0) is 23.0. The third-order valence-corrected chi connectivity index (χ3v) is 7.88. The minimum absolute atomic E-state index is 0.146. The van der Waals surface area contributed by atoms with E-state index in [0.717, 1.165) is 16.3 Å². The van der Waals surface area contributed by atoms with E-state index < -0.39 is 16.1 Å². The number of carbonyl (C=O) groups excluding carboxylic acids is 1. The van der Waals surface area contributed by atoms with E-state index in [9.17, 15) is 13.2 Å². The molecule has 170 valence electrons. The number of carbonyl (C=O) groups is 1. The van der Waals surface area contributed by atoms with E-state index in [1.165, 1.54) is 17.7 Å². The van der Waals surface area contributed by atoms with Gasteiger partial charge in [-0.3, -0.25) is 4.79 Å². The highest BCUT2D eigenvalue weighted by molar-refractivity contribution is 7.98. The minimum atomic E-state index is -3.77. The van der Waals surface area contributed by atoms with Crippen molar-refractivity contribution >= 4 is 39.0 Å². The molecule has 6 nitrogen and oxygen atoms in total. The van der Waals surface area contributed by atoms with Gasteiger partial charge in [-0.25, -0.2) is 13.4 Å². The lowest BCUT2D eigenvalue weighted by Crippen LogP contribution is -2.47. The molecule has 0 aliphatic rings. The Bertz CT molecular complexity index is 1110. The van der Waals surface area contributed by atoms with Gasteiger partial charge >= 0.3 is 0 Å². The van der Waals surface area contributed by atoms with E-state index in [1.807, 2.05) is 18.6 Å². The summed E-state index contributed by atoms with van der Waals surface area (Å²) in [6, 6.07) is 15.5. The van der Waals surface area contributed by atoms with Crippen LogP contribution in [0.5, 0.6) is 0 Å². The first-order valence-corrected chi connectivity index (χ1v) is 14.0. The van der Waals surface area contributed by atoms with Gasteiger partial charge in [-0.1, -0.05) is 48.0 Å². The topological polar surface area (TPSA) is 88.2 Å². The standard InChI is InChI=1S/C23H27N3O3S3/c1-17-8-10-18(11-9-17)23-25-19(16-31-23)12-14-24-22(27)21(13-15-30-2)26-32(28,29)20-6-4-3-5-7-20/h3-11,16,21,26H,12-15H2,1-2H3,(H,24,27). The molecule has 1 atom stereocenters. The predicted octanol–water partition coefficient (Wildman–Crippen LogP) is 3.88. The smallest absolute Gasteiger partial charge is 0.241 e. The summed E-state index contributed by atoms with van der Waals surface area (Å²) >= 11 is 3.14. The van der Waals surface area contributed by atoms with Crippen LogP contribution in [0.2, 0.25) is 0 Å². The molecule has 0 spiro atoms. The van der Waals surface area contributed by atoms with Gasteiger partial charge in [-0.2, -0.15) is 16.5 Å². The third kappa shape index (κ3) is 6.90. The van der Waals surface area contributed by atoms with Gasteiger partial charge in [0.1, 0.15) is 11.0 Å². The molecule has 2 N–H and O–H groups in total. The molecule has 1 amide bonds. The van der Waals surface area contributed by atoms with Gasteiger partial charge in [-0.15, -0.1) is 11.3 Å². The van der Waals surface area contributed by atoms with Gasteiger partial charge in [0.2, 0.25) is 15.9 Å². The van der Waals surface area contributed by atoms with Crippen molar-refractivity contribution in [2.75, 3.05) is 18.6 Å². The maximum absolute atomic E-state index is 12.7. The van der Waals surface area contributed by atoms with Gasteiger partial charge in [-0.05, 0) is 37.5 Å². The number of hydrogen-bond donors (Lipinski definition) is 2. The lowest BCUT2D eigenvalue weighted by atomic mass is 10.2. The summed E-state index contributed by atoms with van der Waals surface area (Å²) in [7, 11) is -3.77. The normalized spacial score (nSPS) is 12.4. The Morgan fingerprint density at radius 2 is 1.84 bits per heavy atom. The molecule has 9 heteroatoms. The second kappa shape index (κ2) is 11.6. The molecule has 0 aliphatic carbocycles. The van der Waals surface area contributed by atoms with Crippen LogP contribution in [0.4, 0.5) is 0 Å². The van der Waals surface area contributed by atoms with Gasteiger partial charge in [0, 0.05) is 23.9 Å². The summed E-state index contributed by atoms with van der Waals surface area (Å²) in [5.41, 5.74) is 3.17. The molecule has 2 aromatic carbocycles. The number of rotatable bonds is 11. The molecular formula is C23H27N3O3S3. The fourth-order valence-corrected chi connectivity index (χ4v) is 5.60. The average Bonchev–Trinajstić information content (AvgIpc) is 3.26. The van der Waals surface area contributed by atoms with Gasteiger partial charge in [0.15, 0.2) is 0 Å². The second-order valence-electron chi connectivity index (χ2n) is 7.32. The van der Waals surface area contributed by atoms with E-state index in [1.54, 1.807) is 41.3 Å². The van der Waals surface area contributed by atoms with Crippen molar-refractivity contribution in [3.63, 3.8) is 0 Å². The highest BCUT2D eigenvalue weighted by Gasteiger charge is 2.25. The summed E-state index contributed by atoms with van der Waals surface area (Å²) in [5.74, 6) is 0.342. The van der Waals surface area contributed by atoms with Crippen molar-refractivity contribution in [1.29, 1.82) is 0 Å². The number of aromatic nitrogens is 1. The molecule has 0 saturated heterocycles. The fraction of sp³-hybridized carbons (Fsp3) is 0.304. The molecule has 0 radical (unpaired) electrons. The van der Waals surface area contributed by atoms with Crippen molar-refractivity contribution in [3.05, 3.63) is 71.2 Å². The lowest BCUT2D eigenvalue weighted by Gasteiger charge is -2.18. The number of nitrogens with zero attached hydrogens (tertiary/aromatic N) is 1. The first-order chi connectivity index (χ1) is 15.4. The molecule has 0 fully saturated rings. The maximum atomic E-state index is 12.7. The molecular weight excluding hydrogens is 462 g/mol. The Hall–Kier alpha value is -2.20. The number of sulfonamides is 1. The summed E-state index contributed by atoms with van der Waals surface area (Å²) in [5, 5.41) is 5.80. The number of hydrogen-bond acceptors (Lipinski definition) is 6. The second-order valence-corrected chi connectivity index (χ2v) is 10.9. The largest absolute Gasteiger partial charge is 0.354 e. The van der Waals surface area contributed by atoms with Crippen molar-refractivity contribution in [1.82, 2.24) is 15.0 Å². The minimum Gasteiger partial charge on any atom is -0.354 e. The maximum Gasteiger partial charge on any atom is 0.241 e. The number of aryl methyl sites for hydroxylation is 1. The van der Waals surface area contributed by atoms with Crippen molar-refractivity contribution in [3.8, 4) is 10.6 Å². The van der Waals surface area contributed by atoms with Crippen molar-refractivity contribution in [2.45, 2.75) is 30.7 Å². The zero-order valence-corrected chi connectivity index (χ0v) is 20.5. The number of benzene rings is 2. The Kier molecular flexibility index (Phi) is 8.86. The predicted molar refractivity (Wildman–Crippen MR) is 133 cm³/mol. The van der Waals surface area contributed by atoms with Gasteiger partial charge in [0.25, 0.3) is 0 Å². The van der Waals surface area contributed by atoms with E-state index in [2.05, 4.69) is 39.3 Å². The lowest BCUT2D eigenvalue weighted by molar-refractivity contribution is -0.122. The van der Waals surface area contributed by atoms with Crippen LogP contribution in [-0.4, -0.2) is 43.9 Å². The average molecular weight is 490 g/mol. The molecule has 3 rings (SSSR count). The molecule has 0 aliphatic heterocycles. The number of amides is 1. The molecule has 1 aromatic heterocycles. The highest BCUT2D eigenvalue weighted by atomic mass is 32.2. The van der Waals surface area contributed by atoms with Crippen LogP contribution < -0.4 is 10.0 Å². The molecule has 1 unspecified atom stereocenters. The fourth-order valence-electron chi connectivity index (χ4n) is 3.02. The summed E-state index contributed by atoms with van der Waals surface area (Å²) in [4.78, 5) is 17.5. The Labute approximate surface area is 197 Å². The molecule has 0 bridgehead atoms. The van der Waals surface area contributed by atoms with Crippen LogP contribution in [-0.2, 0) is 21.2 Å². The van der Waals surface area contributed by atoms with Crippen LogP contribution in [0.3, 0.4) is 0 Å². The summed E-state index contributed by atoms with van der Waals surface area (Å²) < 4.78 is 27.9. The Balaban J connectivity index is 1.58. The van der Waals surface area contributed by atoms with Crippen LogP contribution in [0, 0.1) is 6.92 Å². The van der Waals surface area contributed by atoms with Gasteiger partial charge in [0.05, 0.1) is 10.6 Å². The Morgan fingerprint density at radius 3 is 2.53 bits per heavy atom.